The number of aryl methyl sites for hydroxylation is 1. The van der Waals surface area contributed by atoms with Crippen LogP contribution in [0.15, 0.2) is 47.9 Å². The molecule has 1 saturated heterocycles. The van der Waals surface area contributed by atoms with Crippen molar-refractivity contribution in [2.45, 2.75) is 70.6 Å². The molecule has 202 valence electrons. The Bertz CT molecular complexity index is 1330. The number of carbonyl (C=O) groups excluding carboxylic acids is 1. The van der Waals surface area contributed by atoms with Crippen LogP contribution < -0.4 is 11.0 Å². The van der Waals surface area contributed by atoms with Crippen molar-refractivity contribution in [2.75, 3.05) is 25.5 Å². The fourth-order valence-electron chi connectivity index (χ4n) is 5.67. The van der Waals surface area contributed by atoms with Crippen LogP contribution in [0.2, 0.25) is 0 Å². The second-order valence-electron chi connectivity index (χ2n) is 10.8. The number of hydrogen-bond acceptors (Lipinski definition) is 6. The molecule has 3 aromatic rings. The third-order valence-electron chi connectivity index (χ3n) is 8.26. The van der Waals surface area contributed by atoms with Gasteiger partial charge in [-0.1, -0.05) is 43.7 Å². The van der Waals surface area contributed by atoms with E-state index in [1.165, 1.54) is 30.9 Å². The first-order valence-electron chi connectivity index (χ1n) is 13.8. The molecule has 2 fully saturated rings. The second kappa shape index (κ2) is 11.1. The van der Waals surface area contributed by atoms with E-state index in [0.29, 0.717) is 29.7 Å². The van der Waals surface area contributed by atoms with Gasteiger partial charge in [-0.3, -0.25) is 14.3 Å². The minimum absolute atomic E-state index is 0.00873. The van der Waals surface area contributed by atoms with Crippen molar-refractivity contribution in [3.63, 3.8) is 0 Å². The Labute approximate surface area is 224 Å². The molecule has 2 aromatic heterocycles. The Balaban J connectivity index is 1.26. The first-order chi connectivity index (χ1) is 18.4. The number of aromatic nitrogens is 4. The SMILES string of the molecule is C=CC(=O)N(C)C1CCN(C(CC2CC2)c2ccc([C@H](C)Nc3ncc4[nH]c(=O)n(CC)c4n3)cc2)CC1. The molecule has 1 amide bonds. The summed E-state index contributed by atoms with van der Waals surface area (Å²) in [6, 6.07) is 9.65. The van der Waals surface area contributed by atoms with Crippen LogP contribution in [0.4, 0.5) is 5.95 Å². The number of fused-ring (bicyclic) bond motifs is 1. The van der Waals surface area contributed by atoms with E-state index in [-0.39, 0.29) is 23.7 Å². The average Bonchev–Trinajstić information content (AvgIpc) is 3.71. The first kappa shape index (κ1) is 26.2. The number of hydrogen-bond donors (Lipinski definition) is 2. The van der Waals surface area contributed by atoms with Crippen LogP contribution >= 0.6 is 0 Å². The van der Waals surface area contributed by atoms with Crippen molar-refractivity contribution in [3.05, 3.63) is 64.7 Å². The number of likely N-dealkylation sites (N-methyl/N-ethyl adjacent to an activating group) is 1. The number of nitrogens with zero attached hydrogens (tertiary/aromatic N) is 5. The van der Waals surface area contributed by atoms with E-state index in [4.69, 9.17) is 0 Å². The molecule has 2 atom stereocenters. The lowest BCUT2D eigenvalue weighted by Gasteiger charge is -2.40. The first-order valence-corrected chi connectivity index (χ1v) is 13.8. The lowest BCUT2D eigenvalue weighted by molar-refractivity contribution is -0.127. The van der Waals surface area contributed by atoms with E-state index in [1.807, 2.05) is 18.9 Å². The average molecular weight is 518 g/mol. The van der Waals surface area contributed by atoms with E-state index in [1.54, 1.807) is 10.8 Å². The van der Waals surface area contributed by atoms with Crippen LogP contribution in [0.1, 0.15) is 69.2 Å². The molecule has 0 bridgehead atoms. The van der Waals surface area contributed by atoms with E-state index in [9.17, 15) is 9.59 Å². The van der Waals surface area contributed by atoms with Crippen molar-refractivity contribution in [1.29, 1.82) is 0 Å². The topological polar surface area (TPSA) is 99.2 Å². The summed E-state index contributed by atoms with van der Waals surface area (Å²) in [6.45, 7) is 10.2. The zero-order valence-electron chi connectivity index (χ0n) is 22.7. The Morgan fingerprint density at radius 1 is 1.21 bits per heavy atom. The summed E-state index contributed by atoms with van der Waals surface area (Å²) in [6.07, 6.45) is 8.92. The van der Waals surface area contributed by atoms with Gasteiger partial charge in [0, 0.05) is 38.8 Å². The Hall–Kier alpha value is -3.46. The van der Waals surface area contributed by atoms with Gasteiger partial charge in [0.15, 0.2) is 5.65 Å². The lowest BCUT2D eigenvalue weighted by atomic mass is 9.94. The largest absolute Gasteiger partial charge is 0.348 e. The summed E-state index contributed by atoms with van der Waals surface area (Å²) in [4.78, 5) is 40.4. The van der Waals surface area contributed by atoms with Crippen molar-refractivity contribution < 1.29 is 4.79 Å². The molecule has 5 rings (SSSR count). The molecule has 2 aliphatic rings. The summed E-state index contributed by atoms with van der Waals surface area (Å²) in [5.41, 5.74) is 3.61. The summed E-state index contributed by atoms with van der Waals surface area (Å²) in [5, 5.41) is 3.39. The molecular weight excluding hydrogens is 478 g/mol. The predicted molar refractivity (Wildman–Crippen MR) is 150 cm³/mol. The number of imidazole rings is 1. The van der Waals surface area contributed by atoms with Gasteiger partial charge in [0.2, 0.25) is 11.9 Å². The summed E-state index contributed by atoms with van der Waals surface area (Å²) in [7, 11) is 1.89. The van der Waals surface area contributed by atoms with E-state index >= 15 is 0 Å². The number of nitrogens with one attached hydrogen (secondary N) is 2. The highest BCUT2D eigenvalue weighted by atomic mass is 16.2. The predicted octanol–water partition coefficient (Wildman–Crippen LogP) is 4.26. The van der Waals surface area contributed by atoms with Gasteiger partial charge in [0.05, 0.1) is 12.2 Å². The van der Waals surface area contributed by atoms with Crippen molar-refractivity contribution >= 4 is 23.0 Å². The van der Waals surface area contributed by atoms with E-state index < -0.39 is 0 Å². The molecule has 1 saturated carbocycles. The number of anilines is 1. The molecule has 0 spiro atoms. The number of H-pyrrole nitrogens is 1. The Morgan fingerprint density at radius 3 is 2.53 bits per heavy atom. The fraction of sp³-hybridized carbons (Fsp3) is 0.517. The van der Waals surface area contributed by atoms with Gasteiger partial charge in [-0.05, 0) is 56.2 Å². The Kier molecular flexibility index (Phi) is 7.65. The number of benzene rings is 1. The number of amides is 1. The van der Waals surface area contributed by atoms with Gasteiger partial charge in [0.25, 0.3) is 0 Å². The minimum Gasteiger partial charge on any atom is -0.348 e. The molecule has 3 heterocycles. The number of likely N-dealkylation sites (tertiary alicyclic amines) is 1. The fourth-order valence-corrected chi connectivity index (χ4v) is 5.67. The smallest absolute Gasteiger partial charge is 0.327 e. The van der Waals surface area contributed by atoms with E-state index in [0.717, 1.165) is 37.4 Å². The van der Waals surface area contributed by atoms with Crippen molar-refractivity contribution in [3.8, 4) is 0 Å². The minimum atomic E-state index is -0.167. The lowest BCUT2D eigenvalue weighted by Crippen LogP contribution is -2.46. The quantitative estimate of drug-likeness (QED) is 0.390. The van der Waals surface area contributed by atoms with Gasteiger partial charge in [-0.25, -0.2) is 9.78 Å². The monoisotopic (exact) mass is 517 g/mol. The molecule has 1 aliphatic carbocycles. The molecule has 1 aromatic carbocycles. The molecule has 2 N–H and O–H groups in total. The highest BCUT2D eigenvalue weighted by Gasteiger charge is 2.33. The maximum atomic E-state index is 12.1. The molecule has 38 heavy (non-hydrogen) atoms. The number of aromatic amines is 1. The van der Waals surface area contributed by atoms with Crippen molar-refractivity contribution in [2.24, 2.45) is 5.92 Å². The van der Waals surface area contributed by atoms with Crippen LogP contribution in [0.5, 0.6) is 0 Å². The van der Waals surface area contributed by atoms with Gasteiger partial charge in [0.1, 0.15) is 5.52 Å². The van der Waals surface area contributed by atoms with Crippen LogP contribution in [0.25, 0.3) is 11.2 Å². The van der Waals surface area contributed by atoms with Crippen LogP contribution in [-0.2, 0) is 11.3 Å². The van der Waals surface area contributed by atoms with Crippen molar-refractivity contribution in [1.82, 2.24) is 29.3 Å². The summed E-state index contributed by atoms with van der Waals surface area (Å²) < 4.78 is 1.61. The van der Waals surface area contributed by atoms with Crippen LogP contribution in [0, 0.1) is 5.92 Å². The highest BCUT2D eigenvalue weighted by Crippen LogP contribution is 2.41. The van der Waals surface area contributed by atoms with Crippen LogP contribution in [-0.4, -0.2) is 61.4 Å². The Morgan fingerprint density at radius 2 is 1.89 bits per heavy atom. The maximum Gasteiger partial charge on any atom is 0.327 e. The van der Waals surface area contributed by atoms with E-state index in [2.05, 4.69) is 62.9 Å². The zero-order chi connectivity index (χ0) is 26.8. The third-order valence-corrected chi connectivity index (χ3v) is 8.26. The van der Waals surface area contributed by atoms with Gasteiger partial charge >= 0.3 is 5.69 Å². The zero-order valence-corrected chi connectivity index (χ0v) is 22.7. The normalized spacial score (nSPS) is 18.3. The van der Waals surface area contributed by atoms with Gasteiger partial charge in [-0.15, -0.1) is 0 Å². The molecule has 0 radical (unpaired) electrons. The van der Waals surface area contributed by atoms with Crippen LogP contribution in [0.3, 0.4) is 0 Å². The van der Waals surface area contributed by atoms with Gasteiger partial charge in [-0.2, -0.15) is 4.98 Å². The molecule has 9 heteroatoms. The molecule has 1 unspecified atom stereocenters. The summed E-state index contributed by atoms with van der Waals surface area (Å²) in [5.74, 6) is 1.34. The molecular formula is C29H39N7O2. The maximum absolute atomic E-state index is 12.1. The third kappa shape index (κ3) is 5.53. The second-order valence-corrected chi connectivity index (χ2v) is 10.8. The highest BCUT2D eigenvalue weighted by molar-refractivity contribution is 5.87. The molecule has 9 nitrogen and oxygen atoms in total. The number of piperidine rings is 1. The number of carbonyl (C=O) groups is 1. The summed E-state index contributed by atoms with van der Waals surface area (Å²) >= 11 is 0. The standard InChI is InChI=1S/C29H39N7O2/c1-5-26(37)34(4)23-13-15-35(16-14-23)25(17-20-7-8-20)22-11-9-21(10-12-22)19(3)31-28-30-18-24-27(33-28)36(6-2)29(38)32-24/h5,9-12,18-20,23,25H,1,6-8,13-17H2,2-4H3,(H,32,38)(H,30,31,33)/t19-,25?/m0/s1. The van der Waals surface area contributed by atoms with Gasteiger partial charge < -0.3 is 15.2 Å². The molecule has 1 aliphatic heterocycles. The number of rotatable bonds is 10.